The van der Waals surface area contributed by atoms with Crippen LogP contribution in [-0.4, -0.2) is 11.2 Å². The van der Waals surface area contributed by atoms with Gasteiger partial charge < -0.3 is 5.73 Å². The Morgan fingerprint density at radius 3 is 2.14 bits per heavy atom. The van der Waals surface area contributed by atoms with Gasteiger partial charge in [0.05, 0.1) is 0 Å². The maximum atomic E-state index is 12.6. The molecule has 0 spiro atoms. The number of hydrogen-bond donors (Lipinski definition) is 1. The van der Waals surface area contributed by atoms with E-state index in [0.717, 1.165) is 6.20 Å². The average molecular weight is 212 g/mol. The van der Waals surface area contributed by atoms with Gasteiger partial charge >= 0.3 is 12.1 Å². The molecule has 1 aromatic heterocycles. The zero-order valence-corrected chi connectivity index (χ0v) is 6.65. The van der Waals surface area contributed by atoms with Crippen molar-refractivity contribution in [3.63, 3.8) is 0 Å². The zero-order chi connectivity index (χ0) is 11.0. The van der Waals surface area contributed by atoms with Gasteiger partial charge in [-0.1, -0.05) is 0 Å². The van der Waals surface area contributed by atoms with E-state index < -0.39 is 17.7 Å². The molecule has 0 aromatic carbocycles. The van der Waals surface area contributed by atoms with Crippen LogP contribution in [0.3, 0.4) is 0 Å². The molecule has 0 saturated carbocycles. The molecule has 1 rings (SSSR count). The topological polar surface area (TPSA) is 38.9 Å². The first kappa shape index (κ1) is 10.7. The summed E-state index contributed by atoms with van der Waals surface area (Å²) in [6.07, 6.45) is -4.83. The summed E-state index contributed by atoms with van der Waals surface area (Å²) in [5.74, 6) is -5.28. The Hall–Kier alpha value is -1.40. The lowest BCUT2D eigenvalue weighted by molar-refractivity contribution is -0.289. The first-order chi connectivity index (χ1) is 6.25. The van der Waals surface area contributed by atoms with Crippen LogP contribution in [0, 0.1) is 0 Å². The third-order valence-corrected chi connectivity index (χ3v) is 1.50. The first-order valence-corrected chi connectivity index (χ1v) is 3.41. The predicted octanol–water partition coefficient (Wildman–Crippen LogP) is 2.32. The van der Waals surface area contributed by atoms with Crippen molar-refractivity contribution >= 4 is 5.82 Å². The molecule has 0 amide bonds. The molecule has 2 N–H and O–H groups in total. The van der Waals surface area contributed by atoms with Gasteiger partial charge in [-0.2, -0.15) is 22.0 Å². The lowest BCUT2D eigenvalue weighted by Gasteiger charge is -2.19. The molecular formula is C7H5F5N2. The highest BCUT2D eigenvalue weighted by molar-refractivity contribution is 5.34. The number of anilines is 1. The van der Waals surface area contributed by atoms with E-state index >= 15 is 0 Å². The first-order valence-electron chi connectivity index (χ1n) is 3.41. The normalized spacial score (nSPS) is 12.9. The summed E-state index contributed by atoms with van der Waals surface area (Å²) in [7, 11) is 0. The maximum absolute atomic E-state index is 12.6. The Balaban J connectivity index is 3.16. The standard InChI is InChI=1S/C7H5F5N2/c8-6(9,7(10,11)12)4-1-2-14-5(13)3-4/h1-3H,(H2,13,14). The van der Waals surface area contributed by atoms with Crippen LogP contribution in [0.5, 0.6) is 0 Å². The van der Waals surface area contributed by atoms with Crippen molar-refractivity contribution in [1.82, 2.24) is 4.98 Å². The quantitative estimate of drug-likeness (QED) is 0.725. The van der Waals surface area contributed by atoms with Gasteiger partial charge in [-0.15, -0.1) is 0 Å². The number of nitrogens with two attached hydrogens (primary N) is 1. The van der Waals surface area contributed by atoms with Gasteiger partial charge in [0.2, 0.25) is 0 Å². The van der Waals surface area contributed by atoms with E-state index in [9.17, 15) is 22.0 Å². The molecule has 0 aliphatic rings. The minimum Gasteiger partial charge on any atom is -0.384 e. The summed E-state index contributed by atoms with van der Waals surface area (Å²) in [5, 5.41) is 0. The summed E-state index contributed by atoms with van der Waals surface area (Å²) in [6, 6.07) is 1.07. The lowest BCUT2D eigenvalue weighted by atomic mass is 10.1. The molecule has 0 aliphatic heterocycles. The Labute approximate surface area is 75.5 Å². The van der Waals surface area contributed by atoms with E-state index in [0.29, 0.717) is 12.1 Å². The second-order valence-corrected chi connectivity index (χ2v) is 2.54. The van der Waals surface area contributed by atoms with Gasteiger partial charge in [0.25, 0.3) is 0 Å². The van der Waals surface area contributed by atoms with Gasteiger partial charge in [0.15, 0.2) is 0 Å². The molecule has 14 heavy (non-hydrogen) atoms. The number of hydrogen-bond acceptors (Lipinski definition) is 2. The molecule has 2 nitrogen and oxygen atoms in total. The summed E-state index contributed by atoms with van der Waals surface area (Å²) in [5.41, 5.74) is 3.78. The van der Waals surface area contributed by atoms with Crippen LogP contribution in [-0.2, 0) is 5.92 Å². The number of nitrogens with zero attached hydrogens (tertiary/aromatic N) is 1. The molecule has 7 heteroatoms. The molecule has 0 radical (unpaired) electrons. The fraction of sp³-hybridized carbons (Fsp3) is 0.286. The molecule has 78 valence electrons. The molecule has 1 heterocycles. The van der Waals surface area contributed by atoms with Crippen LogP contribution in [0.25, 0.3) is 0 Å². The average Bonchev–Trinajstić information content (AvgIpc) is 2.02. The van der Waals surface area contributed by atoms with Crippen molar-refractivity contribution in [3.8, 4) is 0 Å². The van der Waals surface area contributed by atoms with Crippen molar-refractivity contribution < 1.29 is 22.0 Å². The summed E-state index contributed by atoms with van der Waals surface area (Å²) < 4.78 is 60.8. The van der Waals surface area contributed by atoms with Crippen molar-refractivity contribution in [1.29, 1.82) is 0 Å². The minimum absolute atomic E-state index is 0.383. The second-order valence-electron chi connectivity index (χ2n) is 2.54. The van der Waals surface area contributed by atoms with Crippen molar-refractivity contribution in [2.75, 3.05) is 5.73 Å². The van der Waals surface area contributed by atoms with Crippen molar-refractivity contribution in [2.45, 2.75) is 12.1 Å². The van der Waals surface area contributed by atoms with Crippen LogP contribution < -0.4 is 5.73 Å². The zero-order valence-electron chi connectivity index (χ0n) is 6.65. The molecule has 0 fully saturated rings. The Morgan fingerprint density at radius 2 is 1.71 bits per heavy atom. The maximum Gasteiger partial charge on any atom is 0.458 e. The van der Waals surface area contributed by atoms with Gasteiger partial charge in [-0.3, -0.25) is 0 Å². The number of alkyl halides is 5. The fourth-order valence-corrected chi connectivity index (χ4v) is 0.807. The molecule has 0 aliphatic carbocycles. The predicted molar refractivity (Wildman–Crippen MR) is 38.6 cm³/mol. The van der Waals surface area contributed by atoms with Crippen molar-refractivity contribution in [3.05, 3.63) is 23.9 Å². The highest BCUT2D eigenvalue weighted by Crippen LogP contribution is 2.43. The number of rotatable bonds is 1. The third-order valence-electron chi connectivity index (χ3n) is 1.50. The van der Waals surface area contributed by atoms with Crippen molar-refractivity contribution in [2.24, 2.45) is 0 Å². The SMILES string of the molecule is Nc1cc(C(F)(F)C(F)(F)F)ccn1. The van der Waals surface area contributed by atoms with E-state index in [-0.39, 0.29) is 5.82 Å². The lowest BCUT2D eigenvalue weighted by Crippen LogP contribution is -2.33. The van der Waals surface area contributed by atoms with E-state index in [1.165, 1.54) is 0 Å². The molecule has 0 atom stereocenters. The highest BCUT2D eigenvalue weighted by atomic mass is 19.4. The number of pyridine rings is 1. The van der Waals surface area contributed by atoms with E-state index in [2.05, 4.69) is 4.98 Å². The minimum atomic E-state index is -5.62. The number of aromatic nitrogens is 1. The Bertz CT molecular complexity index is 333. The second kappa shape index (κ2) is 3.07. The van der Waals surface area contributed by atoms with Gasteiger partial charge in [0.1, 0.15) is 5.82 Å². The van der Waals surface area contributed by atoms with Gasteiger partial charge in [-0.05, 0) is 12.1 Å². The van der Waals surface area contributed by atoms with Crippen LogP contribution in [0.15, 0.2) is 18.3 Å². The number of halogens is 5. The summed E-state index contributed by atoms with van der Waals surface area (Å²) >= 11 is 0. The van der Waals surface area contributed by atoms with Gasteiger partial charge in [-0.25, -0.2) is 4.98 Å². The van der Waals surface area contributed by atoms with E-state index in [4.69, 9.17) is 5.73 Å². The smallest absolute Gasteiger partial charge is 0.384 e. The molecule has 1 aromatic rings. The van der Waals surface area contributed by atoms with Crippen LogP contribution in [0.2, 0.25) is 0 Å². The molecular weight excluding hydrogens is 207 g/mol. The highest BCUT2D eigenvalue weighted by Gasteiger charge is 2.58. The van der Waals surface area contributed by atoms with Crippen LogP contribution in [0.1, 0.15) is 5.56 Å². The Morgan fingerprint density at radius 1 is 1.14 bits per heavy atom. The Kier molecular flexibility index (Phi) is 2.34. The fourth-order valence-electron chi connectivity index (χ4n) is 0.807. The van der Waals surface area contributed by atoms with Crippen LogP contribution >= 0.6 is 0 Å². The molecule has 0 bridgehead atoms. The summed E-state index contributed by atoms with van der Waals surface area (Å²) in [6.45, 7) is 0. The van der Waals surface area contributed by atoms with E-state index in [1.54, 1.807) is 0 Å². The van der Waals surface area contributed by atoms with Gasteiger partial charge in [0, 0.05) is 11.8 Å². The van der Waals surface area contributed by atoms with E-state index in [1.807, 2.05) is 0 Å². The van der Waals surface area contributed by atoms with Crippen LogP contribution in [0.4, 0.5) is 27.8 Å². The summed E-state index contributed by atoms with van der Waals surface area (Å²) in [4.78, 5) is 3.31. The number of nitrogen functional groups attached to an aromatic ring is 1. The molecule has 0 saturated heterocycles. The largest absolute Gasteiger partial charge is 0.458 e. The third kappa shape index (κ3) is 1.75. The molecule has 0 unspecified atom stereocenters. The monoisotopic (exact) mass is 212 g/mol.